The molecule has 1 aromatic carbocycles. The molecule has 110 valence electrons. The van der Waals surface area contributed by atoms with Gasteiger partial charge in [0.15, 0.2) is 0 Å². The molecule has 0 aromatic heterocycles. The van der Waals surface area contributed by atoms with E-state index in [0.717, 1.165) is 18.7 Å². The number of amides is 1. The fraction of sp³-hybridized carbons (Fsp3) is 0.533. The number of hydrogen-bond donors (Lipinski definition) is 2. The Bertz CT molecular complexity index is 479. The highest BCUT2D eigenvalue weighted by Crippen LogP contribution is 2.31. The van der Waals surface area contributed by atoms with Crippen molar-refractivity contribution in [2.24, 2.45) is 5.41 Å². The third-order valence-electron chi connectivity index (χ3n) is 3.84. The molecule has 0 radical (unpaired) electrons. The first kappa shape index (κ1) is 14.9. The van der Waals surface area contributed by atoms with Gasteiger partial charge in [-0.3, -0.25) is 4.79 Å². The van der Waals surface area contributed by atoms with Crippen LogP contribution in [0.5, 0.6) is 0 Å². The first-order chi connectivity index (χ1) is 9.57. The number of carbonyl (C=O) groups excluding carboxylic acids is 1. The molecular formula is C15H21FN2O2. The lowest BCUT2D eigenvalue weighted by Crippen LogP contribution is -2.47. The lowest BCUT2D eigenvalue weighted by Gasteiger charge is -2.35. The Balaban J connectivity index is 2.15. The number of nitrogens with one attached hydrogen (secondary N) is 2. The van der Waals surface area contributed by atoms with Crippen LogP contribution in [0.1, 0.15) is 18.4 Å². The molecule has 0 bridgehead atoms. The van der Waals surface area contributed by atoms with E-state index in [1.807, 2.05) is 6.92 Å². The molecule has 1 aliphatic heterocycles. The summed E-state index contributed by atoms with van der Waals surface area (Å²) in [4.78, 5) is 12.5. The van der Waals surface area contributed by atoms with Crippen molar-refractivity contribution in [2.45, 2.75) is 19.8 Å². The van der Waals surface area contributed by atoms with Gasteiger partial charge in [-0.2, -0.15) is 0 Å². The van der Waals surface area contributed by atoms with Crippen LogP contribution in [-0.2, 0) is 9.53 Å². The number of piperidine rings is 1. The first-order valence-corrected chi connectivity index (χ1v) is 6.85. The van der Waals surface area contributed by atoms with E-state index in [9.17, 15) is 9.18 Å². The number of aryl methyl sites for hydroxylation is 1. The zero-order valence-corrected chi connectivity index (χ0v) is 12.0. The quantitative estimate of drug-likeness (QED) is 0.888. The minimum Gasteiger partial charge on any atom is -0.384 e. The Labute approximate surface area is 118 Å². The maximum Gasteiger partial charge on any atom is 0.233 e. The van der Waals surface area contributed by atoms with Crippen LogP contribution in [0.15, 0.2) is 18.2 Å². The topological polar surface area (TPSA) is 50.4 Å². The van der Waals surface area contributed by atoms with Crippen molar-refractivity contribution in [1.29, 1.82) is 0 Å². The summed E-state index contributed by atoms with van der Waals surface area (Å²) in [5.41, 5.74) is 0.487. The zero-order valence-electron chi connectivity index (χ0n) is 12.0. The summed E-state index contributed by atoms with van der Waals surface area (Å²) in [7, 11) is 1.59. The first-order valence-electron chi connectivity index (χ1n) is 6.85. The Hall–Kier alpha value is -1.46. The smallest absolute Gasteiger partial charge is 0.233 e. The van der Waals surface area contributed by atoms with E-state index in [1.165, 1.54) is 6.07 Å². The number of carbonyl (C=O) groups is 1. The van der Waals surface area contributed by atoms with Crippen LogP contribution < -0.4 is 10.6 Å². The summed E-state index contributed by atoms with van der Waals surface area (Å²) in [6.45, 7) is 3.71. The van der Waals surface area contributed by atoms with E-state index >= 15 is 0 Å². The fourth-order valence-electron chi connectivity index (χ4n) is 2.59. The van der Waals surface area contributed by atoms with E-state index in [2.05, 4.69) is 10.6 Å². The molecule has 4 nitrogen and oxygen atoms in total. The van der Waals surface area contributed by atoms with Gasteiger partial charge in [0, 0.05) is 7.11 Å². The van der Waals surface area contributed by atoms with Crippen molar-refractivity contribution in [3.8, 4) is 0 Å². The number of rotatable bonds is 4. The Morgan fingerprint density at radius 2 is 2.15 bits per heavy atom. The van der Waals surface area contributed by atoms with E-state index in [-0.39, 0.29) is 11.6 Å². The van der Waals surface area contributed by atoms with Gasteiger partial charge in [-0.05, 0) is 50.6 Å². The number of halogens is 1. The highest BCUT2D eigenvalue weighted by molar-refractivity contribution is 5.95. The molecule has 1 aromatic rings. The Morgan fingerprint density at radius 1 is 1.45 bits per heavy atom. The van der Waals surface area contributed by atoms with Crippen molar-refractivity contribution in [3.63, 3.8) is 0 Å². The number of hydrogen-bond acceptors (Lipinski definition) is 3. The average Bonchev–Trinajstić information content (AvgIpc) is 2.43. The highest BCUT2D eigenvalue weighted by Gasteiger charge is 2.39. The van der Waals surface area contributed by atoms with Crippen molar-refractivity contribution in [2.75, 3.05) is 32.1 Å². The SMILES string of the molecule is COCC1(C(=O)Nc2ccc(C)cc2F)CCNCC1. The standard InChI is InChI=1S/C15H21FN2O2/c1-11-3-4-13(12(16)9-11)18-14(19)15(10-20-2)5-7-17-8-6-15/h3-4,9,17H,5-8,10H2,1-2H3,(H,18,19). The molecule has 0 atom stereocenters. The molecule has 2 rings (SSSR count). The summed E-state index contributed by atoms with van der Waals surface area (Å²) in [6, 6.07) is 4.80. The Morgan fingerprint density at radius 3 is 2.75 bits per heavy atom. The van der Waals surface area contributed by atoms with Crippen LogP contribution in [0.2, 0.25) is 0 Å². The van der Waals surface area contributed by atoms with E-state index in [0.29, 0.717) is 19.4 Å². The van der Waals surface area contributed by atoms with Gasteiger partial charge in [-0.15, -0.1) is 0 Å². The molecule has 1 saturated heterocycles. The van der Waals surface area contributed by atoms with Crippen molar-refractivity contribution < 1.29 is 13.9 Å². The molecule has 0 unspecified atom stereocenters. The minimum absolute atomic E-state index is 0.163. The predicted octanol–water partition coefficient (Wildman–Crippen LogP) is 2.09. The van der Waals surface area contributed by atoms with Crippen molar-refractivity contribution >= 4 is 11.6 Å². The van der Waals surface area contributed by atoms with Gasteiger partial charge in [0.25, 0.3) is 0 Å². The molecule has 1 heterocycles. The van der Waals surface area contributed by atoms with Crippen molar-refractivity contribution in [1.82, 2.24) is 5.32 Å². The lowest BCUT2D eigenvalue weighted by atomic mass is 9.78. The van der Waals surface area contributed by atoms with Gasteiger partial charge in [-0.25, -0.2) is 4.39 Å². The second kappa shape index (κ2) is 6.33. The van der Waals surface area contributed by atoms with Crippen LogP contribution in [0, 0.1) is 18.2 Å². The lowest BCUT2D eigenvalue weighted by molar-refractivity contribution is -0.130. The summed E-state index contributed by atoms with van der Waals surface area (Å²) in [6.07, 6.45) is 1.39. The van der Waals surface area contributed by atoms with Crippen LogP contribution >= 0.6 is 0 Å². The second-order valence-corrected chi connectivity index (χ2v) is 5.40. The number of anilines is 1. The summed E-state index contributed by atoms with van der Waals surface area (Å²) in [5.74, 6) is -0.566. The maximum absolute atomic E-state index is 13.8. The van der Waals surface area contributed by atoms with Gasteiger partial charge in [0.2, 0.25) is 5.91 Å². The van der Waals surface area contributed by atoms with Gasteiger partial charge in [-0.1, -0.05) is 6.07 Å². The molecule has 1 fully saturated rings. The summed E-state index contributed by atoms with van der Waals surface area (Å²) >= 11 is 0. The van der Waals surface area contributed by atoms with Crippen molar-refractivity contribution in [3.05, 3.63) is 29.6 Å². The third kappa shape index (κ3) is 3.16. The number of ether oxygens (including phenoxy) is 1. The summed E-state index contributed by atoms with van der Waals surface area (Å²) < 4.78 is 19.0. The number of benzene rings is 1. The summed E-state index contributed by atoms with van der Waals surface area (Å²) in [5, 5.41) is 5.94. The van der Waals surface area contributed by atoms with Gasteiger partial charge < -0.3 is 15.4 Å². The fourth-order valence-corrected chi connectivity index (χ4v) is 2.59. The van der Waals surface area contributed by atoms with Gasteiger partial charge >= 0.3 is 0 Å². The van der Waals surface area contributed by atoms with Crippen LogP contribution in [0.25, 0.3) is 0 Å². The van der Waals surface area contributed by atoms with Crippen LogP contribution in [0.4, 0.5) is 10.1 Å². The van der Waals surface area contributed by atoms with Crippen LogP contribution in [-0.4, -0.2) is 32.7 Å². The Kier molecular flexibility index (Phi) is 4.73. The van der Waals surface area contributed by atoms with E-state index in [1.54, 1.807) is 19.2 Å². The minimum atomic E-state index is -0.572. The number of methoxy groups -OCH3 is 1. The van der Waals surface area contributed by atoms with E-state index in [4.69, 9.17) is 4.74 Å². The molecule has 0 aliphatic carbocycles. The normalized spacial score (nSPS) is 17.8. The highest BCUT2D eigenvalue weighted by atomic mass is 19.1. The molecule has 0 saturated carbocycles. The molecular weight excluding hydrogens is 259 g/mol. The van der Waals surface area contributed by atoms with E-state index < -0.39 is 11.2 Å². The second-order valence-electron chi connectivity index (χ2n) is 5.40. The van der Waals surface area contributed by atoms with Gasteiger partial charge in [0.05, 0.1) is 17.7 Å². The molecule has 2 N–H and O–H groups in total. The largest absolute Gasteiger partial charge is 0.384 e. The third-order valence-corrected chi connectivity index (χ3v) is 3.84. The zero-order chi connectivity index (χ0) is 14.6. The maximum atomic E-state index is 13.8. The average molecular weight is 280 g/mol. The molecule has 1 amide bonds. The van der Waals surface area contributed by atoms with Crippen LogP contribution in [0.3, 0.4) is 0 Å². The molecule has 1 aliphatic rings. The molecule has 5 heteroatoms. The molecule has 20 heavy (non-hydrogen) atoms. The van der Waals surface area contributed by atoms with Gasteiger partial charge in [0.1, 0.15) is 5.82 Å². The molecule has 0 spiro atoms. The monoisotopic (exact) mass is 280 g/mol. The predicted molar refractivity (Wildman–Crippen MR) is 76.2 cm³/mol.